The third-order valence-corrected chi connectivity index (χ3v) is 3.42. The number of hydrogen-bond donors (Lipinski definition) is 0. The van der Waals surface area contributed by atoms with E-state index in [4.69, 9.17) is 4.74 Å². The molecule has 2 heteroatoms. The summed E-state index contributed by atoms with van der Waals surface area (Å²) in [7, 11) is 0. The van der Waals surface area contributed by atoms with Crippen LogP contribution in [0.25, 0.3) is 0 Å². The molecule has 0 N–H and O–H groups in total. The molecule has 14 heavy (non-hydrogen) atoms. The molecule has 0 radical (unpaired) electrons. The average Bonchev–Trinajstić information content (AvgIpc) is 2.11. The van der Waals surface area contributed by atoms with E-state index in [0.717, 1.165) is 24.2 Å². The van der Waals surface area contributed by atoms with Crippen LogP contribution in [0.3, 0.4) is 0 Å². The largest absolute Gasteiger partial charge is 0.493 e. The first-order chi connectivity index (χ1) is 6.74. The van der Waals surface area contributed by atoms with Crippen molar-refractivity contribution in [3.8, 4) is 5.75 Å². The minimum absolute atomic E-state index is 0.794. The molecule has 0 spiro atoms. The maximum absolute atomic E-state index is 5.73. The Hall–Kier alpha value is -0.250. The smallest absolute Gasteiger partial charge is 0.120 e. The number of ether oxygens (including phenoxy) is 1. The van der Waals surface area contributed by atoms with Gasteiger partial charge in [-0.15, -0.1) is 0 Å². The summed E-state index contributed by atoms with van der Waals surface area (Å²) in [5.74, 6) is 2.72. The molecule has 1 aliphatic carbocycles. The van der Waals surface area contributed by atoms with Crippen molar-refractivity contribution >= 4 is 22.6 Å². The van der Waals surface area contributed by atoms with Gasteiger partial charge in [0.15, 0.2) is 0 Å². The first kappa shape index (κ1) is 10.3. The molecule has 1 aliphatic rings. The van der Waals surface area contributed by atoms with E-state index in [2.05, 4.69) is 41.6 Å². The Labute approximate surface area is 99.0 Å². The Morgan fingerprint density at radius 2 is 2.21 bits per heavy atom. The van der Waals surface area contributed by atoms with Crippen LogP contribution in [-0.2, 0) is 0 Å². The highest BCUT2D eigenvalue weighted by atomic mass is 127. The second-order valence-corrected chi connectivity index (χ2v) is 5.46. The molecule has 0 heterocycles. The predicted molar refractivity (Wildman–Crippen MR) is 66.5 cm³/mol. The van der Waals surface area contributed by atoms with E-state index in [1.54, 1.807) is 0 Å². The van der Waals surface area contributed by atoms with Gasteiger partial charge in [-0.2, -0.15) is 0 Å². The molecule has 1 nitrogen and oxygen atoms in total. The maximum Gasteiger partial charge on any atom is 0.120 e. The zero-order valence-corrected chi connectivity index (χ0v) is 10.5. The first-order valence-electron chi connectivity index (χ1n) is 5.12. The molecule has 1 fully saturated rings. The summed E-state index contributed by atoms with van der Waals surface area (Å²) in [4.78, 5) is 0. The fourth-order valence-corrected chi connectivity index (χ4v) is 2.49. The van der Waals surface area contributed by atoms with Gasteiger partial charge in [0.25, 0.3) is 0 Å². The molecular weight excluding hydrogens is 287 g/mol. The molecule has 0 bridgehead atoms. The molecule has 0 saturated heterocycles. The summed E-state index contributed by atoms with van der Waals surface area (Å²) in [6.07, 6.45) is 2.67. The Bertz CT molecular complexity index is 305. The van der Waals surface area contributed by atoms with Crippen LogP contribution in [0.4, 0.5) is 0 Å². The van der Waals surface area contributed by atoms with E-state index in [9.17, 15) is 0 Å². The molecule has 1 saturated carbocycles. The average molecular weight is 302 g/mol. The van der Waals surface area contributed by atoms with E-state index in [0.29, 0.717) is 0 Å². The normalized spacial score (nSPS) is 25.6. The van der Waals surface area contributed by atoms with Crippen LogP contribution in [0, 0.1) is 15.4 Å². The summed E-state index contributed by atoms with van der Waals surface area (Å²) in [5.41, 5.74) is 0. The van der Waals surface area contributed by atoms with Crippen molar-refractivity contribution in [3.05, 3.63) is 27.8 Å². The van der Waals surface area contributed by atoms with Crippen LogP contribution in [0.5, 0.6) is 5.75 Å². The van der Waals surface area contributed by atoms with Gasteiger partial charge >= 0.3 is 0 Å². The van der Waals surface area contributed by atoms with Crippen molar-refractivity contribution in [2.45, 2.75) is 19.8 Å². The molecule has 0 unspecified atom stereocenters. The lowest BCUT2D eigenvalue weighted by molar-refractivity contribution is 0.131. The minimum atomic E-state index is 0.794. The third kappa shape index (κ3) is 2.62. The number of hydrogen-bond acceptors (Lipinski definition) is 1. The van der Waals surface area contributed by atoms with Crippen molar-refractivity contribution in [1.29, 1.82) is 0 Å². The predicted octanol–water partition coefficient (Wildman–Crippen LogP) is 3.72. The highest BCUT2D eigenvalue weighted by Crippen LogP contribution is 2.33. The standard InChI is InChI=1S/C12H15IO/c1-9-5-10(6-9)8-14-12-4-2-3-11(13)7-12/h2-4,7,9-10H,5-6,8H2,1H3. The fourth-order valence-electron chi connectivity index (χ4n) is 1.98. The van der Waals surface area contributed by atoms with E-state index in [-0.39, 0.29) is 0 Å². The highest BCUT2D eigenvalue weighted by Gasteiger charge is 2.25. The second-order valence-electron chi connectivity index (χ2n) is 4.21. The summed E-state index contributed by atoms with van der Waals surface area (Å²) in [6.45, 7) is 3.20. The lowest BCUT2D eigenvalue weighted by Gasteiger charge is -2.32. The van der Waals surface area contributed by atoms with Gasteiger partial charge < -0.3 is 4.74 Å². The fraction of sp³-hybridized carbons (Fsp3) is 0.500. The first-order valence-corrected chi connectivity index (χ1v) is 6.20. The molecule has 76 valence electrons. The zero-order chi connectivity index (χ0) is 9.97. The molecule has 1 aromatic rings. The summed E-state index contributed by atoms with van der Waals surface area (Å²) in [6, 6.07) is 8.24. The van der Waals surface area contributed by atoms with Crippen molar-refractivity contribution in [3.63, 3.8) is 0 Å². The van der Waals surface area contributed by atoms with Crippen molar-refractivity contribution in [1.82, 2.24) is 0 Å². The molecule has 0 aliphatic heterocycles. The number of benzene rings is 1. The molecule has 0 aromatic heterocycles. The molecule has 0 atom stereocenters. The number of halogens is 1. The molecule has 1 aromatic carbocycles. The van der Waals surface area contributed by atoms with Crippen LogP contribution in [0.15, 0.2) is 24.3 Å². The lowest BCUT2D eigenvalue weighted by atomic mass is 9.77. The summed E-state index contributed by atoms with van der Waals surface area (Å²) in [5, 5.41) is 0. The Morgan fingerprint density at radius 3 is 2.86 bits per heavy atom. The van der Waals surface area contributed by atoms with Gasteiger partial charge in [0.2, 0.25) is 0 Å². The minimum Gasteiger partial charge on any atom is -0.493 e. The quantitative estimate of drug-likeness (QED) is 0.773. The summed E-state index contributed by atoms with van der Waals surface area (Å²) >= 11 is 2.31. The van der Waals surface area contributed by atoms with Gasteiger partial charge in [-0.25, -0.2) is 0 Å². The van der Waals surface area contributed by atoms with Crippen LogP contribution in [-0.4, -0.2) is 6.61 Å². The van der Waals surface area contributed by atoms with E-state index in [1.165, 1.54) is 16.4 Å². The SMILES string of the molecule is CC1CC(COc2cccc(I)c2)C1. The van der Waals surface area contributed by atoms with Crippen LogP contribution in [0.1, 0.15) is 19.8 Å². The van der Waals surface area contributed by atoms with Gasteiger partial charge in [0, 0.05) is 3.57 Å². The lowest BCUT2D eigenvalue weighted by Crippen LogP contribution is -2.26. The van der Waals surface area contributed by atoms with E-state index in [1.807, 2.05) is 12.1 Å². The van der Waals surface area contributed by atoms with Crippen LogP contribution >= 0.6 is 22.6 Å². The van der Waals surface area contributed by atoms with Crippen molar-refractivity contribution < 1.29 is 4.74 Å². The highest BCUT2D eigenvalue weighted by molar-refractivity contribution is 14.1. The van der Waals surface area contributed by atoms with E-state index < -0.39 is 0 Å². The van der Waals surface area contributed by atoms with Gasteiger partial charge in [0.1, 0.15) is 5.75 Å². The third-order valence-electron chi connectivity index (χ3n) is 2.75. The number of rotatable bonds is 3. The van der Waals surface area contributed by atoms with Gasteiger partial charge in [-0.1, -0.05) is 13.0 Å². The summed E-state index contributed by atoms with van der Waals surface area (Å²) < 4.78 is 6.97. The van der Waals surface area contributed by atoms with Crippen molar-refractivity contribution in [2.75, 3.05) is 6.61 Å². The van der Waals surface area contributed by atoms with Gasteiger partial charge in [-0.05, 0) is 65.5 Å². The van der Waals surface area contributed by atoms with E-state index >= 15 is 0 Å². The molecule has 2 rings (SSSR count). The monoisotopic (exact) mass is 302 g/mol. The van der Waals surface area contributed by atoms with Crippen LogP contribution in [0.2, 0.25) is 0 Å². The van der Waals surface area contributed by atoms with Gasteiger partial charge in [-0.3, -0.25) is 0 Å². The maximum atomic E-state index is 5.73. The Balaban J connectivity index is 1.80. The van der Waals surface area contributed by atoms with Crippen molar-refractivity contribution in [2.24, 2.45) is 11.8 Å². The Kier molecular flexibility index (Phi) is 3.31. The Morgan fingerprint density at radius 1 is 1.43 bits per heavy atom. The topological polar surface area (TPSA) is 9.23 Å². The molecule has 0 amide bonds. The second kappa shape index (κ2) is 4.51. The van der Waals surface area contributed by atoms with Gasteiger partial charge in [0.05, 0.1) is 6.61 Å². The zero-order valence-electron chi connectivity index (χ0n) is 8.37. The molecular formula is C12H15IO. The van der Waals surface area contributed by atoms with Crippen LogP contribution < -0.4 is 4.74 Å².